The van der Waals surface area contributed by atoms with E-state index in [2.05, 4.69) is 29.6 Å². The van der Waals surface area contributed by atoms with E-state index < -0.39 is 0 Å². The summed E-state index contributed by atoms with van der Waals surface area (Å²) < 4.78 is 15.5. The van der Waals surface area contributed by atoms with Crippen molar-refractivity contribution in [2.75, 3.05) is 40.6 Å². The van der Waals surface area contributed by atoms with Crippen LogP contribution in [0.15, 0.2) is 24.3 Å². The number of ether oxygens (including phenoxy) is 3. The van der Waals surface area contributed by atoms with Crippen LogP contribution < -0.4 is 5.32 Å². The number of benzene rings is 1. The third-order valence-electron chi connectivity index (χ3n) is 3.06. The van der Waals surface area contributed by atoms with Crippen molar-refractivity contribution in [1.29, 1.82) is 0 Å². The van der Waals surface area contributed by atoms with Crippen molar-refractivity contribution < 1.29 is 14.2 Å². The van der Waals surface area contributed by atoms with Crippen LogP contribution in [0.5, 0.6) is 0 Å². The number of rotatable bonds is 12. The fourth-order valence-corrected chi connectivity index (χ4v) is 1.95. The van der Waals surface area contributed by atoms with Crippen molar-refractivity contribution in [3.05, 3.63) is 35.4 Å². The van der Waals surface area contributed by atoms with Gasteiger partial charge >= 0.3 is 0 Å². The predicted molar refractivity (Wildman–Crippen MR) is 80.8 cm³/mol. The highest BCUT2D eigenvalue weighted by Gasteiger charge is 2.00. The molecule has 0 saturated carbocycles. The molecule has 114 valence electrons. The van der Waals surface area contributed by atoms with Crippen molar-refractivity contribution >= 4 is 0 Å². The highest BCUT2D eigenvalue weighted by atomic mass is 16.5. The minimum atomic E-state index is 0.672. The van der Waals surface area contributed by atoms with E-state index >= 15 is 0 Å². The second kappa shape index (κ2) is 11.9. The molecular weight excluding hydrogens is 254 g/mol. The lowest BCUT2D eigenvalue weighted by molar-refractivity contribution is 0.0688. The number of methoxy groups -OCH3 is 2. The summed E-state index contributed by atoms with van der Waals surface area (Å²) in [5.41, 5.74) is 2.57. The standard InChI is InChI=1S/C16H27NO3/c1-18-11-12-20-10-6-5-9-17-13-15-7-3-4-8-16(15)14-19-2/h3-4,7-8,17H,5-6,9-14H2,1-2H3. The number of hydrogen-bond acceptors (Lipinski definition) is 4. The van der Waals surface area contributed by atoms with Crippen molar-refractivity contribution in [3.63, 3.8) is 0 Å². The first kappa shape index (κ1) is 17.1. The first-order valence-electron chi connectivity index (χ1n) is 7.21. The molecule has 0 aliphatic carbocycles. The Balaban J connectivity index is 2.06. The largest absolute Gasteiger partial charge is 0.382 e. The van der Waals surface area contributed by atoms with E-state index in [1.165, 1.54) is 11.1 Å². The Bertz CT molecular complexity index is 344. The van der Waals surface area contributed by atoms with Gasteiger partial charge in [0.2, 0.25) is 0 Å². The average Bonchev–Trinajstić information content (AvgIpc) is 2.47. The minimum absolute atomic E-state index is 0.672. The van der Waals surface area contributed by atoms with E-state index in [9.17, 15) is 0 Å². The van der Waals surface area contributed by atoms with Crippen molar-refractivity contribution in [1.82, 2.24) is 5.32 Å². The summed E-state index contributed by atoms with van der Waals surface area (Å²) in [6.45, 7) is 4.75. The van der Waals surface area contributed by atoms with Crippen molar-refractivity contribution in [3.8, 4) is 0 Å². The van der Waals surface area contributed by atoms with Gasteiger partial charge in [-0.15, -0.1) is 0 Å². The minimum Gasteiger partial charge on any atom is -0.382 e. The molecule has 0 unspecified atom stereocenters. The lowest BCUT2D eigenvalue weighted by Crippen LogP contribution is -2.16. The summed E-state index contributed by atoms with van der Waals surface area (Å²) >= 11 is 0. The van der Waals surface area contributed by atoms with Gasteiger partial charge in [0.05, 0.1) is 19.8 Å². The van der Waals surface area contributed by atoms with Crippen LogP contribution in [0, 0.1) is 0 Å². The van der Waals surface area contributed by atoms with Gasteiger partial charge in [-0.25, -0.2) is 0 Å². The molecule has 20 heavy (non-hydrogen) atoms. The molecule has 1 aromatic rings. The van der Waals surface area contributed by atoms with E-state index in [0.29, 0.717) is 19.8 Å². The normalized spacial score (nSPS) is 10.9. The van der Waals surface area contributed by atoms with Crippen LogP contribution in [0.25, 0.3) is 0 Å². The molecule has 1 rings (SSSR count). The molecule has 1 aromatic carbocycles. The monoisotopic (exact) mass is 281 g/mol. The second-order valence-corrected chi connectivity index (χ2v) is 4.69. The summed E-state index contributed by atoms with van der Waals surface area (Å²) in [5.74, 6) is 0. The molecule has 0 aliphatic heterocycles. The Morgan fingerprint density at radius 1 is 0.900 bits per heavy atom. The number of nitrogens with one attached hydrogen (secondary N) is 1. The molecule has 0 aliphatic rings. The average molecular weight is 281 g/mol. The van der Waals surface area contributed by atoms with Gasteiger partial charge in [0.1, 0.15) is 0 Å². The van der Waals surface area contributed by atoms with E-state index in [1.54, 1.807) is 14.2 Å². The highest BCUT2D eigenvalue weighted by Crippen LogP contribution is 2.09. The molecule has 0 fully saturated rings. The van der Waals surface area contributed by atoms with E-state index in [0.717, 1.165) is 32.5 Å². The van der Waals surface area contributed by atoms with Crippen LogP contribution in [0.3, 0.4) is 0 Å². The SMILES string of the molecule is COCCOCCCCNCc1ccccc1COC. The molecule has 1 N–H and O–H groups in total. The second-order valence-electron chi connectivity index (χ2n) is 4.69. The van der Waals surface area contributed by atoms with Crippen LogP contribution >= 0.6 is 0 Å². The Hall–Kier alpha value is -0.940. The lowest BCUT2D eigenvalue weighted by atomic mass is 10.1. The van der Waals surface area contributed by atoms with Crippen LogP contribution in [-0.2, 0) is 27.4 Å². The molecular formula is C16H27NO3. The smallest absolute Gasteiger partial charge is 0.0716 e. The molecule has 0 amide bonds. The van der Waals surface area contributed by atoms with Gasteiger partial charge in [0.15, 0.2) is 0 Å². The third kappa shape index (κ3) is 7.60. The molecule has 0 heterocycles. The Morgan fingerprint density at radius 3 is 2.45 bits per heavy atom. The van der Waals surface area contributed by atoms with Crippen molar-refractivity contribution in [2.45, 2.75) is 26.0 Å². The number of hydrogen-bond donors (Lipinski definition) is 1. The zero-order chi connectivity index (χ0) is 14.5. The molecule has 0 radical (unpaired) electrons. The fraction of sp³-hybridized carbons (Fsp3) is 0.625. The Kier molecular flexibility index (Phi) is 10.1. The van der Waals surface area contributed by atoms with Gasteiger partial charge < -0.3 is 19.5 Å². The zero-order valence-electron chi connectivity index (χ0n) is 12.7. The Labute approximate surface area is 122 Å². The lowest BCUT2D eigenvalue weighted by Gasteiger charge is -2.10. The maximum absolute atomic E-state index is 5.42. The Morgan fingerprint density at radius 2 is 1.70 bits per heavy atom. The van der Waals surface area contributed by atoms with Crippen LogP contribution in [0.1, 0.15) is 24.0 Å². The maximum Gasteiger partial charge on any atom is 0.0716 e. The first-order chi connectivity index (χ1) is 9.88. The summed E-state index contributed by atoms with van der Waals surface area (Å²) in [5, 5.41) is 3.47. The fourth-order valence-electron chi connectivity index (χ4n) is 1.95. The van der Waals surface area contributed by atoms with Gasteiger partial charge in [0, 0.05) is 27.4 Å². The zero-order valence-corrected chi connectivity index (χ0v) is 12.7. The highest BCUT2D eigenvalue weighted by molar-refractivity contribution is 5.26. The van der Waals surface area contributed by atoms with E-state index in [4.69, 9.17) is 14.2 Å². The molecule has 0 bridgehead atoms. The molecule has 0 aromatic heterocycles. The molecule has 4 nitrogen and oxygen atoms in total. The molecule has 0 spiro atoms. The number of unbranched alkanes of at least 4 members (excludes halogenated alkanes) is 1. The molecule has 4 heteroatoms. The van der Waals surface area contributed by atoms with Crippen molar-refractivity contribution in [2.24, 2.45) is 0 Å². The van der Waals surface area contributed by atoms with Gasteiger partial charge in [-0.3, -0.25) is 0 Å². The maximum atomic E-state index is 5.42. The van der Waals surface area contributed by atoms with Crippen LogP contribution in [0.4, 0.5) is 0 Å². The van der Waals surface area contributed by atoms with Gasteiger partial charge in [-0.2, -0.15) is 0 Å². The molecule has 0 saturated heterocycles. The van der Waals surface area contributed by atoms with E-state index in [1.807, 2.05) is 0 Å². The molecule has 0 atom stereocenters. The van der Waals surface area contributed by atoms with Gasteiger partial charge in [-0.05, 0) is 30.5 Å². The third-order valence-corrected chi connectivity index (χ3v) is 3.06. The van der Waals surface area contributed by atoms with Crippen LogP contribution in [0.2, 0.25) is 0 Å². The first-order valence-corrected chi connectivity index (χ1v) is 7.21. The summed E-state index contributed by atoms with van der Waals surface area (Å²) in [6.07, 6.45) is 2.20. The summed E-state index contributed by atoms with van der Waals surface area (Å²) in [7, 11) is 3.42. The van der Waals surface area contributed by atoms with Gasteiger partial charge in [-0.1, -0.05) is 24.3 Å². The quantitative estimate of drug-likeness (QED) is 0.597. The summed E-state index contributed by atoms with van der Waals surface area (Å²) in [6, 6.07) is 8.38. The predicted octanol–water partition coefficient (Wildman–Crippen LogP) is 2.37. The summed E-state index contributed by atoms with van der Waals surface area (Å²) in [4.78, 5) is 0. The van der Waals surface area contributed by atoms with Crippen LogP contribution in [-0.4, -0.2) is 40.6 Å². The van der Waals surface area contributed by atoms with Gasteiger partial charge in [0.25, 0.3) is 0 Å². The van der Waals surface area contributed by atoms with E-state index in [-0.39, 0.29) is 0 Å². The topological polar surface area (TPSA) is 39.7 Å².